The van der Waals surface area contributed by atoms with E-state index in [-0.39, 0.29) is 30.5 Å². The lowest BCUT2D eigenvalue weighted by Gasteiger charge is -2.46. The second-order valence-corrected chi connectivity index (χ2v) is 11.6. The summed E-state index contributed by atoms with van der Waals surface area (Å²) in [6.45, 7) is 1.01. The molecule has 0 atom stereocenters. The SMILES string of the molecule is O=C1COC2(CCN(S(=O)(=O)c3ccc(-c4cccc5ncccc45)cc3F)CC2)CN1C1CC1. The molecule has 3 aliphatic rings. The summed E-state index contributed by atoms with van der Waals surface area (Å²) in [5.41, 5.74) is 1.66. The predicted octanol–water partition coefficient (Wildman–Crippen LogP) is 3.59. The van der Waals surface area contributed by atoms with Crippen molar-refractivity contribution in [3.63, 3.8) is 0 Å². The molecule has 35 heavy (non-hydrogen) atoms. The van der Waals surface area contributed by atoms with E-state index in [0.29, 0.717) is 31.0 Å². The maximum absolute atomic E-state index is 15.2. The molecule has 3 heterocycles. The van der Waals surface area contributed by atoms with Gasteiger partial charge in [-0.1, -0.05) is 24.3 Å². The third kappa shape index (κ3) is 4.01. The molecule has 6 rings (SSSR count). The van der Waals surface area contributed by atoms with Gasteiger partial charge in [0.2, 0.25) is 15.9 Å². The van der Waals surface area contributed by atoms with Gasteiger partial charge in [-0.05, 0) is 61.1 Å². The van der Waals surface area contributed by atoms with Crippen LogP contribution in [0.3, 0.4) is 0 Å². The molecule has 2 saturated heterocycles. The number of fused-ring (bicyclic) bond motifs is 1. The summed E-state index contributed by atoms with van der Waals surface area (Å²) < 4.78 is 49.2. The monoisotopic (exact) mass is 495 g/mol. The highest BCUT2D eigenvalue weighted by Gasteiger charge is 2.47. The molecule has 0 N–H and O–H groups in total. The van der Waals surface area contributed by atoms with Crippen LogP contribution in [0.2, 0.25) is 0 Å². The summed E-state index contributed by atoms with van der Waals surface area (Å²) in [5.74, 6) is -0.764. The summed E-state index contributed by atoms with van der Waals surface area (Å²) in [5, 5.41) is 0.873. The minimum atomic E-state index is -4.01. The smallest absolute Gasteiger partial charge is 0.248 e. The Morgan fingerprint density at radius 1 is 1.06 bits per heavy atom. The molecular formula is C26H26FN3O4S. The van der Waals surface area contributed by atoms with E-state index in [1.807, 2.05) is 35.2 Å². The molecule has 3 aromatic rings. The van der Waals surface area contributed by atoms with Gasteiger partial charge in [0, 0.05) is 30.7 Å². The molecule has 2 aliphatic heterocycles. The van der Waals surface area contributed by atoms with E-state index in [1.54, 1.807) is 12.3 Å². The van der Waals surface area contributed by atoms with Gasteiger partial charge in [-0.25, -0.2) is 12.8 Å². The summed E-state index contributed by atoms with van der Waals surface area (Å²) in [7, 11) is -4.01. The van der Waals surface area contributed by atoms with E-state index in [2.05, 4.69) is 4.98 Å². The van der Waals surface area contributed by atoms with Gasteiger partial charge in [0.25, 0.3) is 0 Å². The van der Waals surface area contributed by atoms with Crippen LogP contribution in [-0.2, 0) is 19.6 Å². The van der Waals surface area contributed by atoms with Crippen molar-refractivity contribution in [2.45, 2.75) is 42.2 Å². The fourth-order valence-electron chi connectivity index (χ4n) is 5.27. The zero-order valence-corrected chi connectivity index (χ0v) is 20.0. The van der Waals surface area contributed by atoms with Gasteiger partial charge in [0.1, 0.15) is 17.3 Å². The molecule has 1 aliphatic carbocycles. The molecule has 182 valence electrons. The maximum atomic E-state index is 15.2. The lowest BCUT2D eigenvalue weighted by Crippen LogP contribution is -2.59. The van der Waals surface area contributed by atoms with Crippen molar-refractivity contribution in [2.24, 2.45) is 0 Å². The molecule has 1 saturated carbocycles. The average Bonchev–Trinajstić information content (AvgIpc) is 3.71. The Bertz CT molecular complexity index is 1410. The Kier molecular flexibility index (Phi) is 5.39. The first-order valence-electron chi connectivity index (χ1n) is 11.9. The molecular weight excluding hydrogens is 469 g/mol. The van der Waals surface area contributed by atoms with Gasteiger partial charge in [0.05, 0.1) is 17.7 Å². The van der Waals surface area contributed by atoms with Crippen LogP contribution in [-0.4, -0.2) is 66.4 Å². The van der Waals surface area contributed by atoms with E-state index in [1.165, 1.54) is 16.4 Å². The molecule has 1 amide bonds. The second kappa shape index (κ2) is 8.36. The summed E-state index contributed by atoms with van der Waals surface area (Å²) in [6, 6.07) is 13.9. The number of ether oxygens (including phenoxy) is 1. The summed E-state index contributed by atoms with van der Waals surface area (Å²) in [4.78, 5) is 18.1. The Labute approximate surface area is 203 Å². The number of rotatable bonds is 4. The molecule has 0 radical (unpaired) electrons. The van der Waals surface area contributed by atoms with Gasteiger partial charge < -0.3 is 9.64 Å². The number of aromatic nitrogens is 1. The number of halogens is 1. The Balaban J connectivity index is 1.22. The second-order valence-electron chi connectivity index (χ2n) is 9.65. The highest BCUT2D eigenvalue weighted by atomic mass is 32.2. The largest absolute Gasteiger partial charge is 0.363 e. The first-order valence-corrected chi connectivity index (χ1v) is 13.4. The molecule has 0 unspecified atom stereocenters. The van der Waals surface area contributed by atoms with Crippen LogP contribution in [0, 0.1) is 5.82 Å². The van der Waals surface area contributed by atoms with E-state index in [9.17, 15) is 13.2 Å². The number of sulfonamides is 1. The molecule has 9 heteroatoms. The van der Waals surface area contributed by atoms with Crippen molar-refractivity contribution in [1.82, 2.24) is 14.2 Å². The normalized spacial score (nSPS) is 21.1. The van der Waals surface area contributed by atoms with Crippen molar-refractivity contribution < 1.29 is 22.3 Å². The van der Waals surface area contributed by atoms with Crippen molar-refractivity contribution in [3.8, 4) is 11.1 Å². The fourth-order valence-corrected chi connectivity index (χ4v) is 6.76. The number of nitrogens with zero attached hydrogens (tertiary/aromatic N) is 3. The molecule has 7 nitrogen and oxygen atoms in total. The number of hydrogen-bond acceptors (Lipinski definition) is 5. The molecule has 1 spiro atoms. The minimum Gasteiger partial charge on any atom is -0.363 e. The zero-order valence-electron chi connectivity index (χ0n) is 19.2. The highest BCUT2D eigenvalue weighted by molar-refractivity contribution is 7.89. The van der Waals surface area contributed by atoms with Gasteiger partial charge in [-0.15, -0.1) is 0 Å². The van der Waals surface area contributed by atoms with Crippen LogP contribution in [0.15, 0.2) is 59.6 Å². The summed E-state index contributed by atoms with van der Waals surface area (Å²) in [6.07, 6.45) is 4.70. The predicted molar refractivity (Wildman–Crippen MR) is 129 cm³/mol. The molecule has 0 bridgehead atoms. The number of piperidine rings is 1. The number of carbonyl (C=O) groups is 1. The number of amides is 1. The first kappa shape index (κ1) is 22.6. The lowest BCUT2D eigenvalue weighted by molar-refractivity contribution is -0.170. The molecule has 1 aromatic heterocycles. The zero-order chi connectivity index (χ0) is 24.2. The van der Waals surface area contributed by atoms with Crippen LogP contribution in [0.4, 0.5) is 4.39 Å². The van der Waals surface area contributed by atoms with Gasteiger partial charge in [-0.2, -0.15) is 4.31 Å². The van der Waals surface area contributed by atoms with Crippen molar-refractivity contribution >= 4 is 26.8 Å². The number of benzene rings is 2. The maximum Gasteiger partial charge on any atom is 0.248 e. The standard InChI is InChI=1S/C26H26FN3O4S/c27-22-15-18(20-3-1-5-23-21(20)4-2-12-28-23)6-9-24(22)35(32,33)29-13-10-26(11-14-29)17-30(19-7-8-19)25(31)16-34-26/h1-6,9,12,15,19H,7-8,10-11,13-14,16-17H2. The van der Waals surface area contributed by atoms with Crippen molar-refractivity contribution in [1.29, 1.82) is 0 Å². The van der Waals surface area contributed by atoms with Gasteiger partial charge in [-0.3, -0.25) is 9.78 Å². The van der Waals surface area contributed by atoms with E-state index in [0.717, 1.165) is 29.3 Å². The number of morpholine rings is 1. The van der Waals surface area contributed by atoms with Crippen molar-refractivity contribution in [2.75, 3.05) is 26.2 Å². The van der Waals surface area contributed by atoms with Crippen LogP contribution < -0.4 is 0 Å². The van der Waals surface area contributed by atoms with Gasteiger partial charge >= 0.3 is 0 Å². The van der Waals surface area contributed by atoms with Crippen molar-refractivity contribution in [3.05, 3.63) is 60.5 Å². The number of pyridine rings is 1. The average molecular weight is 496 g/mol. The van der Waals surface area contributed by atoms with Crippen LogP contribution in [0.25, 0.3) is 22.0 Å². The first-order chi connectivity index (χ1) is 16.9. The van der Waals surface area contributed by atoms with Gasteiger partial charge in [0.15, 0.2) is 0 Å². The van der Waals surface area contributed by atoms with Crippen LogP contribution >= 0.6 is 0 Å². The fraction of sp³-hybridized carbons (Fsp3) is 0.385. The Morgan fingerprint density at radius 2 is 1.86 bits per heavy atom. The number of carbonyl (C=O) groups excluding carboxylic acids is 1. The summed E-state index contributed by atoms with van der Waals surface area (Å²) >= 11 is 0. The topological polar surface area (TPSA) is 79.8 Å². The minimum absolute atomic E-state index is 0.0114. The lowest BCUT2D eigenvalue weighted by atomic mass is 9.90. The Morgan fingerprint density at radius 3 is 2.60 bits per heavy atom. The third-order valence-electron chi connectivity index (χ3n) is 7.41. The highest BCUT2D eigenvalue weighted by Crippen LogP contribution is 2.38. The van der Waals surface area contributed by atoms with E-state index in [4.69, 9.17) is 4.74 Å². The quantitative estimate of drug-likeness (QED) is 0.553. The molecule has 2 aromatic carbocycles. The van der Waals surface area contributed by atoms with Crippen LogP contribution in [0.1, 0.15) is 25.7 Å². The number of hydrogen-bond donors (Lipinski definition) is 0. The van der Waals surface area contributed by atoms with E-state index >= 15 is 4.39 Å². The third-order valence-corrected chi connectivity index (χ3v) is 9.34. The van der Waals surface area contributed by atoms with Crippen LogP contribution in [0.5, 0.6) is 0 Å². The van der Waals surface area contributed by atoms with E-state index < -0.39 is 21.4 Å². The Hall–Kier alpha value is -2.88. The molecule has 3 fully saturated rings.